The van der Waals surface area contributed by atoms with E-state index in [2.05, 4.69) is 14.7 Å². The lowest BCUT2D eigenvalue weighted by molar-refractivity contribution is -0.171. The Kier molecular flexibility index (Phi) is 13.8. The molecule has 1 aliphatic heterocycles. The van der Waals surface area contributed by atoms with Crippen molar-refractivity contribution in [3.05, 3.63) is 86.9 Å². The van der Waals surface area contributed by atoms with Gasteiger partial charge < -0.3 is 19.5 Å². The number of pyridine rings is 2. The van der Waals surface area contributed by atoms with E-state index in [0.717, 1.165) is 52.6 Å². The zero-order valence-electron chi connectivity index (χ0n) is 34.2. The lowest BCUT2D eigenvalue weighted by Gasteiger charge is -2.20. The molecule has 3 aliphatic rings. The second-order valence-corrected chi connectivity index (χ2v) is 18.4. The van der Waals surface area contributed by atoms with Crippen molar-refractivity contribution in [1.29, 1.82) is 0 Å². The van der Waals surface area contributed by atoms with E-state index in [1.807, 2.05) is 53.4 Å². The van der Waals surface area contributed by atoms with E-state index in [0.29, 0.717) is 79.1 Å². The monoisotopic (exact) mass is 916 g/mol. The first-order chi connectivity index (χ1) is 29.5. The first-order valence-corrected chi connectivity index (χ1v) is 22.7. The molecule has 4 atom stereocenters. The molecule has 7 rings (SSSR count). The summed E-state index contributed by atoms with van der Waals surface area (Å²) in [5, 5.41) is 4.23. The molecule has 330 valence electrons. The minimum Gasteiger partial charge on any atom is -0.481 e. The van der Waals surface area contributed by atoms with E-state index >= 15 is 0 Å². The van der Waals surface area contributed by atoms with E-state index in [9.17, 15) is 31.8 Å². The minimum atomic E-state index is -5.27. The number of methoxy groups -OCH3 is 2. The summed E-state index contributed by atoms with van der Waals surface area (Å²) in [7, 11) is -0.911. The molecule has 2 amide bonds. The number of carbonyl (C=O) groups is 3. The molecule has 2 N–H and O–H groups in total. The third-order valence-electron chi connectivity index (χ3n) is 11.3. The van der Waals surface area contributed by atoms with Crippen molar-refractivity contribution in [2.75, 3.05) is 40.1 Å². The number of alkyl halides is 3. The van der Waals surface area contributed by atoms with Gasteiger partial charge in [0.1, 0.15) is 26.8 Å². The molecule has 62 heavy (non-hydrogen) atoms. The van der Waals surface area contributed by atoms with Crippen LogP contribution in [0, 0.1) is 11.8 Å². The number of likely N-dealkylation sites (tertiary alicyclic amines) is 1. The Morgan fingerprint density at radius 2 is 1.66 bits per heavy atom. The van der Waals surface area contributed by atoms with Gasteiger partial charge in [-0.1, -0.05) is 65.7 Å². The zero-order chi connectivity index (χ0) is 44.3. The molecule has 1 saturated carbocycles. The number of aromatic nitrogens is 2. The van der Waals surface area contributed by atoms with Crippen LogP contribution in [0.5, 0.6) is 17.6 Å². The highest BCUT2D eigenvalue weighted by Crippen LogP contribution is 2.45. The number of Topliss-reactive ketones (excluding diaryl/α,β-unsaturated/α-hetero) is 1. The van der Waals surface area contributed by atoms with Crippen LogP contribution in [0.3, 0.4) is 0 Å². The molecular formula is C43H45Cl2F3N6O7S. The first kappa shape index (κ1) is 45.2. The van der Waals surface area contributed by atoms with Gasteiger partial charge in [0, 0.05) is 61.0 Å². The normalized spacial score (nSPS) is 19.8. The standard InChI is InChI=1S/C43H45Cl2F3N6O7S/c1-59-39-25(21-49-20-24-10-12-28(55)18-24)11-14-35(50-39)33-9-5-8-32(37(33)45)29-6-4-7-31-30(29)13-15-36(31)61-41-34(44)19-27(40(51-41)60-2)23-54-17-16-26(22-54)38(56)52-62(3,58)53-42(57)43(46,47)48/h4-9,11,14,19,24,26,36,49H,10,12-13,15-18,20-23H2,1-3H3,(H,52,53,56,57,58)/t24-,26-,36+,62?/m1/s1. The van der Waals surface area contributed by atoms with E-state index < -0.39 is 33.8 Å². The Bertz CT molecular complexity index is 2520. The fraction of sp³-hybridized carbons (Fsp3) is 0.419. The van der Waals surface area contributed by atoms with Gasteiger partial charge in [0.25, 0.3) is 5.91 Å². The maximum absolute atomic E-state index is 12.8. The van der Waals surface area contributed by atoms with Crippen molar-refractivity contribution in [1.82, 2.24) is 24.9 Å². The van der Waals surface area contributed by atoms with Crippen LogP contribution in [-0.2, 0) is 43.8 Å². The van der Waals surface area contributed by atoms with Gasteiger partial charge in [-0.2, -0.15) is 18.2 Å². The fourth-order valence-electron chi connectivity index (χ4n) is 8.25. The number of amides is 2. The largest absolute Gasteiger partial charge is 0.481 e. The average molecular weight is 918 g/mol. The molecular weight excluding hydrogens is 872 g/mol. The summed E-state index contributed by atoms with van der Waals surface area (Å²) in [4.78, 5) is 47.0. The van der Waals surface area contributed by atoms with Gasteiger partial charge in [-0.3, -0.25) is 24.0 Å². The Morgan fingerprint density at radius 1 is 0.935 bits per heavy atom. The average Bonchev–Trinajstić information content (AvgIpc) is 3.98. The number of benzene rings is 2. The fourth-order valence-corrected chi connectivity index (χ4v) is 9.80. The lowest BCUT2D eigenvalue weighted by atomic mass is 9.94. The third kappa shape index (κ3) is 10.3. The summed E-state index contributed by atoms with van der Waals surface area (Å²) in [5.41, 5.74) is 6.79. The summed E-state index contributed by atoms with van der Waals surface area (Å²) in [5.74, 6) is -2.45. The summed E-state index contributed by atoms with van der Waals surface area (Å²) < 4.78 is 72.9. The summed E-state index contributed by atoms with van der Waals surface area (Å²) >= 11 is 13.9. The molecule has 2 fully saturated rings. The summed E-state index contributed by atoms with van der Waals surface area (Å²) in [6.07, 6.45) is -1.03. The van der Waals surface area contributed by atoms with E-state index in [-0.39, 0.29) is 36.0 Å². The number of hydrogen-bond acceptors (Lipinski definition) is 11. The molecule has 3 heterocycles. The number of halogens is 5. The molecule has 0 radical (unpaired) electrons. The van der Waals surface area contributed by atoms with Gasteiger partial charge in [0.05, 0.1) is 30.9 Å². The van der Waals surface area contributed by atoms with Crippen LogP contribution >= 0.6 is 23.2 Å². The quantitative estimate of drug-likeness (QED) is 0.128. The molecule has 19 heteroatoms. The highest BCUT2D eigenvalue weighted by atomic mass is 35.5. The van der Waals surface area contributed by atoms with Crippen LogP contribution in [0.25, 0.3) is 22.4 Å². The molecule has 2 aromatic carbocycles. The number of ether oxygens (including phenoxy) is 3. The van der Waals surface area contributed by atoms with Crippen LogP contribution < -0.4 is 24.2 Å². The highest BCUT2D eigenvalue weighted by molar-refractivity contribution is 7.91. The van der Waals surface area contributed by atoms with Crippen LogP contribution in [0.4, 0.5) is 13.2 Å². The number of fused-ring (bicyclic) bond motifs is 1. The van der Waals surface area contributed by atoms with E-state index in [4.69, 9.17) is 42.4 Å². The molecule has 2 aromatic heterocycles. The number of nitrogens with zero attached hydrogens (tertiary/aromatic N) is 4. The molecule has 0 bridgehead atoms. The van der Waals surface area contributed by atoms with Crippen LogP contribution in [0.1, 0.15) is 60.5 Å². The van der Waals surface area contributed by atoms with Gasteiger partial charge in [-0.05, 0) is 73.5 Å². The molecule has 13 nitrogen and oxygen atoms in total. The second-order valence-electron chi connectivity index (χ2n) is 15.7. The number of carbonyl (C=O) groups excluding carboxylic acids is 3. The van der Waals surface area contributed by atoms with Crippen molar-refractivity contribution in [3.63, 3.8) is 0 Å². The van der Waals surface area contributed by atoms with Gasteiger partial charge in [-0.25, -0.2) is 9.19 Å². The van der Waals surface area contributed by atoms with Gasteiger partial charge in [0.15, 0.2) is 0 Å². The molecule has 1 unspecified atom stereocenters. The van der Waals surface area contributed by atoms with Crippen molar-refractivity contribution in [3.8, 4) is 40.0 Å². The SMILES string of the molecule is COc1nc(-c2cccc(-c3cccc4c3CC[C@@H]4Oc3nc(OC)c(CN4CC[C@@H](C(=O)N=S(C)(=O)NC(=O)C(F)(F)F)C4)cc3Cl)c2Cl)ccc1CNC[C@@H]1CCC(=O)C1. The van der Waals surface area contributed by atoms with Crippen molar-refractivity contribution < 1.29 is 46.0 Å². The first-order valence-electron chi connectivity index (χ1n) is 20.0. The Balaban J connectivity index is 1.03. The highest BCUT2D eigenvalue weighted by Gasteiger charge is 2.40. The van der Waals surface area contributed by atoms with Crippen LogP contribution in [-0.4, -0.2) is 83.0 Å². The summed E-state index contributed by atoms with van der Waals surface area (Å²) in [6.45, 7) is 2.16. The predicted octanol–water partition coefficient (Wildman–Crippen LogP) is 7.70. The molecule has 1 saturated heterocycles. The zero-order valence-corrected chi connectivity index (χ0v) is 36.5. The maximum atomic E-state index is 12.8. The number of nitrogens with one attached hydrogen (secondary N) is 2. The second kappa shape index (κ2) is 18.9. The molecule has 2 aliphatic carbocycles. The van der Waals surface area contributed by atoms with Crippen molar-refractivity contribution in [2.45, 2.75) is 63.9 Å². The topological polar surface area (TPSA) is 161 Å². The predicted molar refractivity (Wildman–Crippen MR) is 227 cm³/mol. The van der Waals surface area contributed by atoms with E-state index in [1.165, 1.54) is 11.8 Å². The maximum Gasteiger partial charge on any atom is 0.472 e. The number of hydrogen-bond donors (Lipinski definition) is 2. The van der Waals surface area contributed by atoms with Gasteiger partial charge >= 0.3 is 12.1 Å². The lowest BCUT2D eigenvalue weighted by Crippen LogP contribution is -2.40. The summed E-state index contributed by atoms with van der Waals surface area (Å²) in [6, 6.07) is 17.5. The van der Waals surface area contributed by atoms with Gasteiger partial charge in [-0.15, -0.1) is 4.36 Å². The van der Waals surface area contributed by atoms with E-state index in [1.54, 1.807) is 13.2 Å². The third-order valence-corrected chi connectivity index (χ3v) is 13.0. The Hall–Kier alpha value is -4.81. The van der Waals surface area contributed by atoms with Gasteiger partial charge in [0.2, 0.25) is 17.6 Å². The van der Waals surface area contributed by atoms with Crippen molar-refractivity contribution >= 4 is 50.7 Å². The molecule has 0 spiro atoms. The van der Waals surface area contributed by atoms with Crippen molar-refractivity contribution in [2.24, 2.45) is 16.2 Å². The Labute approximate surface area is 367 Å². The van der Waals surface area contributed by atoms with Crippen LogP contribution in [0.2, 0.25) is 10.0 Å². The Morgan fingerprint density at radius 3 is 2.39 bits per heavy atom. The van der Waals surface area contributed by atoms with Crippen LogP contribution in [0.15, 0.2) is 59.0 Å². The smallest absolute Gasteiger partial charge is 0.472 e. The molecule has 4 aromatic rings. The number of ketones is 1. The number of rotatable bonds is 14. The minimum absolute atomic E-state index is 0.165.